The highest BCUT2D eigenvalue weighted by atomic mass is 32.1. The lowest BCUT2D eigenvalue weighted by Gasteiger charge is -2.23. The van der Waals surface area contributed by atoms with Crippen LogP contribution in [0.15, 0.2) is 24.3 Å². The number of nitrogens with one attached hydrogen (secondary N) is 1. The Hall–Kier alpha value is -2.15. The zero-order valence-corrected chi connectivity index (χ0v) is 18.6. The molecule has 0 radical (unpaired) electrons. The van der Waals surface area contributed by atoms with Gasteiger partial charge in [-0.15, -0.1) is 0 Å². The summed E-state index contributed by atoms with van der Waals surface area (Å²) in [5.74, 6) is 0.471. The molecule has 1 aromatic carbocycles. The molecule has 2 rings (SSSR count). The van der Waals surface area contributed by atoms with Crippen LogP contribution in [0.4, 0.5) is 5.69 Å². The van der Waals surface area contributed by atoms with Gasteiger partial charge in [0.2, 0.25) is 5.91 Å². The summed E-state index contributed by atoms with van der Waals surface area (Å²) in [7, 11) is 1.68. The molecule has 0 saturated carbocycles. The maximum atomic E-state index is 12.6. The average Bonchev–Trinajstić information content (AvgIpc) is 2.91. The van der Waals surface area contributed by atoms with E-state index in [0.29, 0.717) is 24.0 Å². The number of benzene rings is 1. The molecule has 1 fully saturated rings. The second-order valence-corrected chi connectivity index (χ2v) is 7.79. The molecule has 1 aliphatic rings. The Morgan fingerprint density at radius 2 is 1.79 bits per heavy atom. The van der Waals surface area contributed by atoms with Crippen molar-refractivity contribution in [2.45, 2.75) is 64.8 Å². The molecular formula is C22H33N3O3S. The van der Waals surface area contributed by atoms with E-state index in [1.54, 1.807) is 7.05 Å². The monoisotopic (exact) mass is 419 g/mol. The molecule has 1 atom stereocenters. The Balaban J connectivity index is 1.91. The van der Waals surface area contributed by atoms with Gasteiger partial charge in [-0.05, 0) is 49.3 Å². The van der Waals surface area contributed by atoms with Crippen LogP contribution in [0.2, 0.25) is 0 Å². The molecule has 1 heterocycles. The number of carbonyl (C=O) groups is 2. The normalized spacial score (nSPS) is 16.4. The lowest BCUT2D eigenvalue weighted by atomic mass is 10.1. The Labute approximate surface area is 179 Å². The molecule has 6 nitrogen and oxygen atoms in total. The minimum atomic E-state index is -0.522. The lowest BCUT2D eigenvalue weighted by molar-refractivity contribution is -0.130. The van der Waals surface area contributed by atoms with Gasteiger partial charge in [0, 0.05) is 19.3 Å². The van der Waals surface area contributed by atoms with Crippen molar-refractivity contribution in [2.24, 2.45) is 0 Å². The zero-order valence-electron chi connectivity index (χ0n) is 17.8. The fourth-order valence-electron chi connectivity index (χ4n) is 3.35. The van der Waals surface area contributed by atoms with Crippen molar-refractivity contribution in [1.29, 1.82) is 0 Å². The Bertz CT molecular complexity index is 693. The Morgan fingerprint density at radius 1 is 1.10 bits per heavy atom. The summed E-state index contributed by atoms with van der Waals surface area (Å²) >= 11 is 5.44. The van der Waals surface area contributed by atoms with Gasteiger partial charge < -0.3 is 15.0 Å². The van der Waals surface area contributed by atoms with Crippen LogP contribution in [-0.4, -0.2) is 53.0 Å². The van der Waals surface area contributed by atoms with Crippen molar-refractivity contribution >= 4 is 34.8 Å². The average molecular weight is 420 g/mol. The van der Waals surface area contributed by atoms with Gasteiger partial charge in [-0.25, -0.2) is 0 Å². The van der Waals surface area contributed by atoms with E-state index in [9.17, 15) is 9.59 Å². The molecule has 1 aromatic rings. The van der Waals surface area contributed by atoms with Gasteiger partial charge in [0.05, 0.1) is 13.0 Å². The number of nitrogens with zero attached hydrogens (tertiary/aromatic N) is 2. The van der Waals surface area contributed by atoms with E-state index in [1.807, 2.05) is 29.2 Å². The summed E-state index contributed by atoms with van der Waals surface area (Å²) in [6.45, 7) is 5.61. The molecule has 7 heteroatoms. The molecule has 0 spiro atoms. The quantitative estimate of drug-likeness (QED) is 0.406. The highest BCUT2D eigenvalue weighted by molar-refractivity contribution is 7.80. The first-order valence-corrected chi connectivity index (χ1v) is 11.0. The van der Waals surface area contributed by atoms with Gasteiger partial charge in [0.1, 0.15) is 11.8 Å². The van der Waals surface area contributed by atoms with E-state index < -0.39 is 6.04 Å². The molecule has 160 valence electrons. The van der Waals surface area contributed by atoms with Gasteiger partial charge in [0.15, 0.2) is 5.11 Å². The topological polar surface area (TPSA) is 61.9 Å². The fraction of sp³-hybridized carbons (Fsp3) is 0.591. The second kappa shape index (κ2) is 11.8. The number of rotatable bonds is 12. The third-order valence-corrected chi connectivity index (χ3v) is 5.53. The maximum absolute atomic E-state index is 12.6. The SMILES string of the molecule is CCCCCCCN1C(=S)N(C)C(=O)C1CC(=O)Nc1ccc(OCCC)cc1. The number of thiocarbonyl (C=S) groups is 1. The van der Waals surface area contributed by atoms with E-state index in [1.165, 1.54) is 24.2 Å². The van der Waals surface area contributed by atoms with Crippen LogP contribution >= 0.6 is 12.2 Å². The van der Waals surface area contributed by atoms with Gasteiger partial charge >= 0.3 is 0 Å². The molecule has 0 aromatic heterocycles. The minimum absolute atomic E-state index is 0.0896. The van der Waals surface area contributed by atoms with Crippen molar-refractivity contribution in [2.75, 3.05) is 25.5 Å². The van der Waals surface area contributed by atoms with E-state index in [2.05, 4.69) is 19.2 Å². The third kappa shape index (κ3) is 6.70. The number of amides is 2. The number of anilines is 1. The predicted molar refractivity (Wildman–Crippen MR) is 120 cm³/mol. The Morgan fingerprint density at radius 3 is 2.45 bits per heavy atom. The van der Waals surface area contributed by atoms with Crippen LogP contribution in [0.3, 0.4) is 0 Å². The van der Waals surface area contributed by atoms with Crippen molar-refractivity contribution in [3.63, 3.8) is 0 Å². The van der Waals surface area contributed by atoms with E-state index in [0.717, 1.165) is 25.0 Å². The molecule has 0 aliphatic carbocycles. The molecule has 1 unspecified atom stereocenters. The number of unbranched alkanes of at least 4 members (excludes halogenated alkanes) is 4. The Kier molecular flexibility index (Phi) is 9.38. The highest BCUT2D eigenvalue weighted by Crippen LogP contribution is 2.22. The number of ether oxygens (including phenoxy) is 1. The molecule has 29 heavy (non-hydrogen) atoms. The summed E-state index contributed by atoms with van der Waals surface area (Å²) in [6.07, 6.45) is 6.71. The van der Waals surface area contributed by atoms with Crippen molar-refractivity contribution < 1.29 is 14.3 Å². The first kappa shape index (κ1) is 23.1. The van der Waals surface area contributed by atoms with E-state index >= 15 is 0 Å². The van der Waals surface area contributed by atoms with Crippen LogP contribution in [0.25, 0.3) is 0 Å². The van der Waals surface area contributed by atoms with E-state index in [4.69, 9.17) is 17.0 Å². The van der Waals surface area contributed by atoms with Crippen LogP contribution in [0.5, 0.6) is 5.75 Å². The standard InChI is InChI=1S/C22H33N3O3S/c1-4-6-7-8-9-14-25-19(21(27)24(3)22(25)29)16-20(26)23-17-10-12-18(13-11-17)28-15-5-2/h10-13,19H,4-9,14-16H2,1-3H3,(H,23,26). The van der Waals surface area contributed by atoms with Gasteiger partial charge in [-0.3, -0.25) is 14.5 Å². The summed E-state index contributed by atoms with van der Waals surface area (Å²) in [6, 6.07) is 6.75. The first-order valence-electron chi connectivity index (χ1n) is 10.6. The summed E-state index contributed by atoms with van der Waals surface area (Å²) in [4.78, 5) is 28.5. The number of carbonyl (C=O) groups excluding carboxylic acids is 2. The summed E-state index contributed by atoms with van der Waals surface area (Å²) in [5.41, 5.74) is 0.686. The van der Waals surface area contributed by atoms with Crippen LogP contribution in [0, 0.1) is 0 Å². The van der Waals surface area contributed by atoms with Crippen molar-refractivity contribution in [3.8, 4) is 5.75 Å². The lowest BCUT2D eigenvalue weighted by Crippen LogP contribution is -2.38. The molecule has 1 saturated heterocycles. The number of hydrogen-bond acceptors (Lipinski definition) is 4. The van der Waals surface area contributed by atoms with Gasteiger partial charge in [0.25, 0.3) is 5.91 Å². The highest BCUT2D eigenvalue weighted by Gasteiger charge is 2.40. The minimum Gasteiger partial charge on any atom is -0.494 e. The van der Waals surface area contributed by atoms with Crippen molar-refractivity contribution in [1.82, 2.24) is 9.80 Å². The second-order valence-electron chi connectivity index (χ2n) is 7.43. The zero-order chi connectivity index (χ0) is 21.2. The van der Waals surface area contributed by atoms with Gasteiger partial charge in [-0.1, -0.05) is 39.5 Å². The van der Waals surface area contributed by atoms with Crippen LogP contribution in [-0.2, 0) is 9.59 Å². The third-order valence-electron chi connectivity index (χ3n) is 5.02. The number of likely N-dealkylation sites (N-methyl/N-ethyl adjacent to an activating group) is 1. The molecular weight excluding hydrogens is 386 g/mol. The summed E-state index contributed by atoms with van der Waals surface area (Å²) < 4.78 is 5.55. The van der Waals surface area contributed by atoms with Crippen LogP contribution in [0.1, 0.15) is 58.8 Å². The summed E-state index contributed by atoms with van der Waals surface area (Å²) in [5, 5.41) is 3.39. The molecule has 2 amide bonds. The molecule has 0 bridgehead atoms. The van der Waals surface area contributed by atoms with Crippen LogP contribution < -0.4 is 10.1 Å². The van der Waals surface area contributed by atoms with E-state index in [-0.39, 0.29) is 18.2 Å². The van der Waals surface area contributed by atoms with Gasteiger partial charge in [-0.2, -0.15) is 0 Å². The molecule has 1 aliphatic heterocycles. The predicted octanol–water partition coefficient (Wildman–Crippen LogP) is 4.20. The largest absolute Gasteiger partial charge is 0.494 e. The van der Waals surface area contributed by atoms with Crippen molar-refractivity contribution in [3.05, 3.63) is 24.3 Å². The molecule has 1 N–H and O–H groups in total. The fourth-order valence-corrected chi connectivity index (χ4v) is 3.66. The number of hydrogen-bond donors (Lipinski definition) is 1. The maximum Gasteiger partial charge on any atom is 0.251 e. The first-order chi connectivity index (χ1) is 14.0. The smallest absolute Gasteiger partial charge is 0.251 e.